The molecule has 0 saturated heterocycles. The van der Waals surface area contributed by atoms with E-state index in [2.05, 4.69) is 19.9 Å². The number of aromatic amines is 2. The average molecular weight is 214 g/mol. The highest BCUT2D eigenvalue weighted by Crippen LogP contribution is 2.13. The molecule has 0 atom stereocenters. The molecule has 2 aromatic heterocycles. The standard InChI is InChI=1S/C10H6N4O2/c15-9-3-11-5-1-6-8(2-7(5)13-9)14-10(16)4-12-6/h1-4H,(H,13,15)(H,14,16). The van der Waals surface area contributed by atoms with Crippen LogP contribution in [0.15, 0.2) is 34.1 Å². The fourth-order valence-corrected chi connectivity index (χ4v) is 1.58. The zero-order chi connectivity index (χ0) is 11.1. The van der Waals surface area contributed by atoms with Gasteiger partial charge in [0.05, 0.1) is 34.5 Å². The number of aromatic nitrogens is 4. The number of H-pyrrole nitrogens is 2. The third-order valence-electron chi connectivity index (χ3n) is 2.27. The lowest BCUT2D eigenvalue weighted by Gasteiger charge is -1.99. The van der Waals surface area contributed by atoms with Crippen LogP contribution in [0, 0.1) is 0 Å². The predicted octanol–water partition coefficient (Wildman–Crippen LogP) is 0.160. The molecule has 2 N–H and O–H groups in total. The largest absolute Gasteiger partial charge is 0.319 e. The zero-order valence-corrected chi connectivity index (χ0v) is 8.02. The molecule has 0 spiro atoms. The Morgan fingerprint density at radius 2 is 1.31 bits per heavy atom. The average Bonchev–Trinajstić information content (AvgIpc) is 2.26. The molecule has 6 nitrogen and oxygen atoms in total. The summed E-state index contributed by atoms with van der Waals surface area (Å²) in [5, 5.41) is 0. The Hall–Kier alpha value is -2.50. The highest BCUT2D eigenvalue weighted by molar-refractivity contribution is 5.90. The van der Waals surface area contributed by atoms with Crippen LogP contribution < -0.4 is 11.1 Å². The number of rotatable bonds is 0. The number of hydrogen-bond acceptors (Lipinski definition) is 4. The van der Waals surface area contributed by atoms with E-state index in [4.69, 9.17) is 0 Å². The molecule has 0 saturated carbocycles. The second-order valence-corrected chi connectivity index (χ2v) is 3.38. The van der Waals surface area contributed by atoms with Crippen LogP contribution in [0.4, 0.5) is 0 Å². The maximum Gasteiger partial charge on any atom is 0.266 e. The summed E-state index contributed by atoms with van der Waals surface area (Å²) in [6, 6.07) is 3.35. The van der Waals surface area contributed by atoms with Crippen molar-refractivity contribution in [3.8, 4) is 0 Å². The Morgan fingerprint density at radius 3 is 1.81 bits per heavy atom. The van der Waals surface area contributed by atoms with E-state index in [9.17, 15) is 9.59 Å². The molecule has 2 heterocycles. The van der Waals surface area contributed by atoms with Crippen molar-refractivity contribution in [3.63, 3.8) is 0 Å². The minimum atomic E-state index is -0.280. The van der Waals surface area contributed by atoms with Crippen LogP contribution in [0.25, 0.3) is 22.1 Å². The summed E-state index contributed by atoms with van der Waals surface area (Å²) in [6.07, 6.45) is 2.42. The van der Waals surface area contributed by atoms with Gasteiger partial charge in [-0.2, -0.15) is 0 Å². The molecule has 0 aliphatic heterocycles. The van der Waals surface area contributed by atoms with Gasteiger partial charge in [0.15, 0.2) is 0 Å². The van der Waals surface area contributed by atoms with Crippen molar-refractivity contribution in [2.75, 3.05) is 0 Å². The molecule has 1 aromatic carbocycles. The van der Waals surface area contributed by atoms with E-state index in [0.29, 0.717) is 22.1 Å². The van der Waals surface area contributed by atoms with E-state index in [0.717, 1.165) is 0 Å². The molecule has 3 aromatic rings. The van der Waals surface area contributed by atoms with E-state index < -0.39 is 0 Å². The summed E-state index contributed by atoms with van der Waals surface area (Å²) in [5.74, 6) is 0. The van der Waals surface area contributed by atoms with Gasteiger partial charge in [0, 0.05) is 0 Å². The quantitative estimate of drug-likeness (QED) is 0.521. The van der Waals surface area contributed by atoms with E-state index in [-0.39, 0.29) is 11.1 Å². The first-order chi connectivity index (χ1) is 7.72. The van der Waals surface area contributed by atoms with Crippen molar-refractivity contribution in [2.45, 2.75) is 0 Å². The van der Waals surface area contributed by atoms with Gasteiger partial charge in [-0.3, -0.25) is 9.59 Å². The third kappa shape index (κ3) is 1.28. The number of fused-ring (bicyclic) bond motifs is 2. The molecule has 0 fully saturated rings. The zero-order valence-electron chi connectivity index (χ0n) is 8.02. The van der Waals surface area contributed by atoms with Crippen LogP contribution in [0.3, 0.4) is 0 Å². The fraction of sp³-hybridized carbons (Fsp3) is 0. The fourth-order valence-electron chi connectivity index (χ4n) is 1.58. The Labute approximate surface area is 88.0 Å². The van der Waals surface area contributed by atoms with E-state index in [1.807, 2.05) is 0 Å². The predicted molar refractivity (Wildman–Crippen MR) is 58.3 cm³/mol. The summed E-state index contributed by atoms with van der Waals surface area (Å²) in [4.78, 5) is 35.4. The molecular weight excluding hydrogens is 208 g/mol. The summed E-state index contributed by atoms with van der Waals surface area (Å²) < 4.78 is 0. The first-order valence-electron chi connectivity index (χ1n) is 4.60. The number of nitrogens with one attached hydrogen (secondary N) is 2. The topological polar surface area (TPSA) is 91.5 Å². The van der Waals surface area contributed by atoms with Crippen LogP contribution in [-0.2, 0) is 0 Å². The Morgan fingerprint density at radius 1 is 0.812 bits per heavy atom. The monoisotopic (exact) mass is 214 g/mol. The van der Waals surface area contributed by atoms with Crippen LogP contribution in [0.2, 0.25) is 0 Å². The Bertz CT molecular complexity index is 738. The molecule has 0 aliphatic carbocycles. The van der Waals surface area contributed by atoms with E-state index >= 15 is 0 Å². The van der Waals surface area contributed by atoms with Gasteiger partial charge in [-0.1, -0.05) is 0 Å². The molecule has 3 rings (SSSR count). The van der Waals surface area contributed by atoms with Gasteiger partial charge in [0.2, 0.25) is 0 Å². The first-order valence-corrected chi connectivity index (χ1v) is 4.60. The highest BCUT2D eigenvalue weighted by Gasteiger charge is 2.01. The van der Waals surface area contributed by atoms with Gasteiger partial charge >= 0.3 is 0 Å². The van der Waals surface area contributed by atoms with Crippen molar-refractivity contribution in [1.29, 1.82) is 0 Å². The summed E-state index contributed by atoms with van der Waals surface area (Å²) in [7, 11) is 0. The lowest BCUT2D eigenvalue weighted by atomic mass is 10.2. The first kappa shape index (κ1) is 8.78. The second kappa shape index (κ2) is 2.99. The van der Waals surface area contributed by atoms with E-state index in [1.165, 1.54) is 12.4 Å². The summed E-state index contributed by atoms with van der Waals surface area (Å²) >= 11 is 0. The lowest BCUT2D eigenvalue weighted by Crippen LogP contribution is -2.07. The van der Waals surface area contributed by atoms with Gasteiger partial charge in [-0.25, -0.2) is 9.97 Å². The maximum absolute atomic E-state index is 11.1. The third-order valence-corrected chi connectivity index (χ3v) is 2.27. The number of hydrogen-bond donors (Lipinski definition) is 2. The SMILES string of the molecule is O=c1cnc2cc3ncc(=O)[nH]c3cc2[nH]1. The molecule has 0 aliphatic rings. The van der Waals surface area contributed by atoms with Crippen LogP contribution in [0.5, 0.6) is 0 Å². The Kier molecular flexibility index (Phi) is 1.64. The molecular formula is C10H6N4O2. The van der Waals surface area contributed by atoms with Gasteiger partial charge in [-0.15, -0.1) is 0 Å². The van der Waals surface area contributed by atoms with Crippen molar-refractivity contribution in [1.82, 2.24) is 19.9 Å². The minimum absolute atomic E-state index is 0.280. The van der Waals surface area contributed by atoms with Gasteiger partial charge in [-0.05, 0) is 12.1 Å². The molecule has 0 radical (unpaired) electrons. The second-order valence-electron chi connectivity index (χ2n) is 3.38. The van der Waals surface area contributed by atoms with Crippen molar-refractivity contribution < 1.29 is 0 Å². The normalized spacial score (nSPS) is 11.0. The van der Waals surface area contributed by atoms with Crippen molar-refractivity contribution in [3.05, 3.63) is 45.2 Å². The van der Waals surface area contributed by atoms with Gasteiger partial charge in [0.1, 0.15) is 0 Å². The highest BCUT2D eigenvalue weighted by atomic mass is 16.1. The Balaban J connectivity index is 2.53. The molecule has 0 unspecified atom stereocenters. The lowest BCUT2D eigenvalue weighted by molar-refractivity contribution is 1.19. The maximum atomic E-state index is 11.1. The summed E-state index contributed by atoms with van der Waals surface area (Å²) in [5.41, 5.74) is 1.85. The van der Waals surface area contributed by atoms with Gasteiger partial charge in [0.25, 0.3) is 11.1 Å². The molecule has 78 valence electrons. The molecule has 0 amide bonds. The molecule has 6 heteroatoms. The molecule has 0 bridgehead atoms. The van der Waals surface area contributed by atoms with Crippen LogP contribution in [0.1, 0.15) is 0 Å². The van der Waals surface area contributed by atoms with Crippen LogP contribution in [-0.4, -0.2) is 19.9 Å². The van der Waals surface area contributed by atoms with Gasteiger partial charge < -0.3 is 9.97 Å². The van der Waals surface area contributed by atoms with E-state index in [1.54, 1.807) is 12.1 Å². The number of benzene rings is 1. The van der Waals surface area contributed by atoms with Crippen LogP contribution >= 0.6 is 0 Å². The minimum Gasteiger partial charge on any atom is -0.319 e. The smallest absolute Gasteiger partial charge is 0.266 e. The summed E-state index contributed by atoms with van der Waals surface area (Å²) in [6.45, 7) is 0. The van der Waals surface area contributed by atoms with Crippen molar-refractivity contribution >= 4 is 22.1 Å². The molecule has 16 heavy (non-hydrogen) atoms. The van der Waals surface area contributed by atoms with Crippen molar-refractivity contribution in [2.24, 2.45) is 0 Å². The number of nitrogens with zero attached hydrogens (tertiary/aromatic N) is 2.